The van der Waals surface area contributed by atoms with E-state index in [4.69, 9.17) is 10.5 Å². The Labute approximate surface area is 175 Å². The van der Waals surface area contributed by atoms with Gasteiger partial charge in [0.25, 0.3) is 0 Å². The highest BCUT2D eigenvalue weighted by molar-refractivity contribution is 5.98. The minimum atomic E-state index is -4.52. The van der Waals surface area contributed by atoms with Crippen LogP contribution in [0.3, 0.4) is 0 Å². The van der Waals surface area contributed by atoms with Gasteiger partial charge in [0.1, 0.15) is 23.1 Å². The number of rotatable bonds is 3. The Morgan fingerprint density at radius 1 is 1.06 bits per heavy atom. The maximum absolute atomic E-state index is 13.2. The predicted molar refractivity (Wildman–Crippen MR) is 110 cm³/mol. The molecule has 1 aliphatic rings. The van der Waals surface area contributed by atoms with E-state index >= 15 is 0 Å². The summed E-state index contributed by atoms with van der Waals surface area (Å²) < 4.78 is 44.5. The van der Waals surface area contributed by atoms with Crippen molar-refractivity contribution in [3.05, 3.63) is 65.0 Å². The maximum atomic E-state index is 13.2. The van der Waals surface area contributed by atoms with Gasteiger partial charge in [-0.1, -0.05) is 30.3 Å². The molecule has 0 radical (unpaired) electrons. The molecule has 3 N–H and O–H groups in total. The van der Waals surface area contributed by atoms with Crippen molar-refractivity contribution >= 4 is 16.9 Å². The van der Waals surface area contributed by atoms with Crippen LogP contribution in [-0.4, -0.2) is 27.3 Å². The number of H-pyrrole nitrogens is 1. The fourth-order valence-corrected chi connectivity index (χ4v) is 4.18. The van der Waals surface area contributed by atoms with Crippen LogP contribution in [-0.2, 0) is 19.0 Å². The van der Waals surface area contributed by atoms with Crippen molar-refractivity contribution in [2.24, 2.45) is 0 Å². The summed E-state index contributed by atoms with van der Waals surface area (Å²) in [4.78, 5) is 9.15. The number of alkyl halides is 3. The molecule has 5 rings (SSSR count). The van der Waals surface area contributed by atoms with Gasteiger partial charge in [0.05, 0.1) is 18.1 Å². The summed E-state index contributed by atoms with van der Waals surface area (Å²) in [6, 6.07) is 11.8. The number of fused-ring (bicyclic) bond motifs is 2. The summed E-state index contributed by atoms with van der Waals surface area (Å²) in [7, 11) is 1.19. The largest absolute Gasteiger partial charge is 0.496 e. The average Bonchev–Trinajstić information content (AvgIpc) is 3.37. The van der Waals surface area contributed by atoms with Crippen LogP contribution >= 0.6 is 0 Å². The third-order valence-electron chi connectivity index (χ3n) is 5.66. The molecule has 9 heteroatoms. The molecule has 2 aromatic carbocycles. The van der Waals surface area contributed by atoms with Crippen LogP contribution in [0.5, 0.6) is 5.75 Å². The molecule has 0 saturated heterocycles. The number of ether oxygens (including phenoxy) is 1. The fraction of sp³-hybridized carbons (Fsp3) is 0.227. The second kappa shape index (κ2) is 6.97. The Balaban J connectivity index is 1.54. The molecular formula is C22H18F3N5O. The van der Waals surface area contributed by atoms with Gasteiger partial charge in [-0.2, -0.15) is 18.3 Å². The molecule has 31 heavy (non-hydrogen) atoms. The summed E-state index contributed by atoms with van der Waals surface area (Å²) in [5.41, 5.74) is 9.20. The Kier molecular flexibility index (Phi) is 4.35. The summed E-state index contributed by atoms with van der Waals surface area (Å²) in [6.07, 6.45) is -2.86. The lowest BCUT2D eigenvalue weighted by Gasteiger charge is -2.13. The standard InChI is InChI=1S/C22H18F3N5O/c1-31-16-10-13(6-7-15(16)22(23,24)25)18-17-19(26)27-20(28-21(17)30-29-18)14-8-11-4-2-3-5-12(11)9-14/h2-7,10,14H,8-9H2,1H3,(H3,26,27,28,29,30). The minimum Gasteiger partial charge on any atom is -0.496 e. The van der Waals surface area contributed by atoms with Gasteiger partial charge in [-0.3, -0.25) is 5.10 Å². The predicted octanol–water partition coefficient (Wildman–Crippen LogP) is 4.51. The van der Waals surface area contributed by atoms with E-state index in [0.29, 0.717) is 28.1 Å². The van der Waals surface area contributed by atoms with E-state index < -0.39 is 11.7 Å². The van der Waals surface area contributed by atoms with Crippen LogP contribution in [0, 0.1) is 0 Å². The van der Waals surface area contributed by atoms with Gasteiger partial charge >= 0.3 is 6.18 Å². The summed E-state index contributed by atoms with van der Waals surface area (Å²) >= 11 is 0. The number of hydrogen-bond acceptors (Lipinski definition) is 5. The number of nitrogens with zero attached hydrogens (tertiary/aromatic N) is 3. The van der Waals surface area contributed by atoms with Crippen molar-refractivity contribution < 1.29 is 17.9 Å². The monoisotopic (exact) mass is 425 g/mol. The van der Waals surface area contributed by atoms with Crippen LogP contribution < -0.4 is 10.5 Å². The van der Waals surface area contributed by atoms with Gasteiger partial charge in [-0.05, 0) is 36.1 Å². The number of hydrogen-bond donors (Lipinski definition) is 2. The Hall–Kier alpha value is -3.62. The van der Waals surface area contributed by atoms with E-state index in [1.165, 1.54) is 30.4 Å². The smallest absolute Gasteiger partial charge is 0.419 e. The van der Waals surface area contributed by atoms with Crippen molar-refractivity contribution in [2.45, 2.75) is 24.9 Å². The Morgan fingerprint density at radius 2 is 1.77 bits per heavy atom. The molecule has 2 aromatic heterocycles. The normalized spacial score (nSPS) is 14.2. The third kappa shape index (κ3) is 3.26. The van der Waals surface area contributed by atoms with Crippen molar-refractivity contribution in [3.63, 3.8) is 0 Å². The van der Waals surface area contributed by atoms with Gasteiger partial charge in [0.15, 0.2) is 5.65 Å². The molecule has 0 spiro atoms. The van der Waals surface area contributed by atoms with Gasteiger partial charge in [-0.15, -0.1) is 0 Å². The van der Waals surface area contributed by atoms with Crippen molar-refractivity contribution in [1.29, 1.82) is 0 Å². The number of aromatic nitrogens is 4. The lowest BCUT2D eigenvalue weighted by Crippen LogP contribution is -2.08. The molecule has 0 unspecified atom stereocenters. The number of nitrogens with one attached hydrogen (secondary N) is 1. The first-order valence-corrected chi connectivity index (χ1v) is 9.69. The summed E-state index contributed by atoms with van der Waals surface area (Å²) in [6.45, 7) is 0. The first-order chi connectivity index (χ1) is 14.8. The van der Waals surface area contributed by atoms with Crippen LogP contribution in [0.15, 0.2) is 42.5 Å². The molecular weight excluding hydrogens is 407 g/mol. The summed E-state index contributed by atoms with van der Waals surface area (Å²) in [5, 5.41) is 7.58. The van der Waals surface area contributed by atoms with Gasteiger partial charge in [0, 0.05) is 11.5 Å². The molecule has 6 nitrogen and oxygen atoms in total. The molecule has 158 valence electrons. The average molecular weight is 425 g/mol. The number of nitrogens with two attached hydrogens (primary N) is 1. The zero-order valence-electron chi connectivity index (χ0n) is 16.5. The lowest BCUT2D eigenvalue weighted by atomic mass is 10.0. The molecule has 0 aliphatic heterocycles. The van der Waals surface area contributed by atoms with E-state index in [1.54, 1.807) is 0 Å². The molecule has 0 saturated carbocycles. The van der Waals surface area contributed by atoms with Crippen LogP contribution in [0.2, 0.25) is 0 Å². The number of aromatic amines is 1. The maximum Gasteiger partial charge on any atom is 0.419 e. The highest BCUT2D eigenvalue weighted by Gasteiger charge is 2.34. The van der Waals surface area contributed by atoms with Crippen LogP contribution in [0.25, 0.3) is 22.3 Å². The number of nitrogen functional groups attached to an aromatic ring is 1. The molecule has 4 aromatic rings. The third-order valence-corrected chi connectivity index (χ3v) is 5.66. The molecule has 0 fully saturated rings. The first-order valence-electron chi connectivity index (χ1n) is 9.69. The quantitative estimate of drug-likeness (QED) is 0.504. The van der Waals surface area contributed by atoms with Gasteiger partial charge < -0.3 is 10.5 Å². The van der Waals surface area contributed by atoms with E-state index in [1.807, 2.05) is 12.1 Å². The zero-order chi connectivity index (χ0) is 21.8. The topological polar surface area (TPSA) is 89.7 Å². The fourth-order valence-electron chi connectivity index (χ4n) is 4.18. The van der Waals surface area contributed by atoms with E-state index in [9.17, 15) is 13.2 Å². The van der Waals surface area contributed by atoms with Crippen LogP contribution in [0.1, 0.15) is 28.4 Å². The SMILES string of the molecule is COc1cc(-c2n[nH]c3nc(C4Cc5ccccc5C4)nc(N)c23)ccc1C(F)(F)F. The van der Waals surface area contributed by atoms with Crippen molar-refractivity contribution in [1.82, 2.24) is 20.2 Å². The molecule has 0 amide bonds. The second-order valence-electron chi connectivity index (χ2n) is 7.55. The van der Waals surface area contributed by atoms with Crippen LogP contribution in [0.4, 0.5) is 19.0 Å². The molecule has 1 aliphatic carbocycles. The highest BCUT2D eigenvalue weighted by Crippen LogP contribution is 2.40. The highest BCUT2D eigenvalue weighted by atomic mass is 19.4. The van der Waals surface area contributed by atoms with E-state index in [2.05, 4.69) is 32.3 Å². The number of halogens is 3. The summed E-state index contributed by atoms with van der Waals surface area (Å²) in [5.74, 6) is 0.683. The van der Waals surface area contributed by atoms with E-state index in [-0.39, 0.29) is 17.5 Å². The Bertz CT molecular complexity index is 1270. The number of methoxy groups -OCH3 is 1. The van der Waals surface area contributed by atoms with Gasteiger partial charge in [0.2, 0.25) is 0 Å². The number of anilines is 1. The minimum absolute atomic E-state index is 0.113. The number of benzene rings is 2. The van der Waals surface area contributed by atoms with Crippen molar-refractivity contribution in [2.75, 3.05) is 12.8 Å². The molecule has 2 heterocycles. The first kappa shape index (κ1) is 19.3. The lowest BCUT2D eigenvalue weighted by molar-refractivity contribution is -0.138. The zero-order valence-corrected chi connectivity index (χ0v) is 16.5. The second-order valence-corrected chi connectivity index (χ2v) is 7.55. The van der Waals surface area contributed by atoms with E-state index in [0.717, 1.165) is 18.9 Å². The van der Waals surface area contributed by atoms with Gasteiger partial charge in [-0.25, -0.2) is 9.97 Å². The Morgan fingerprint density at radius 3 is 2.42 bits per heavy atom. The molecule has 0 atom stereocenters. The van der Waals surface area contributed by atoms with Crippen molar-refractivity contribution in [3.8, 4) is 17.0 Å². The molecule has 0 bridgehead atoms.